The zero-order valence-electron chi connectivity index (χ0n) is 8.59. The lowest BCUT2D eigenvalue weighted by Crippen LogP contribution is -2.09. The number of hydrogen-bond donors (Lipinski definition) is 1. The van der Waals surface area contributed by atoms with E-state index in [4.69, 9.17) is 9.84 Å². The Kier molecular flexibility index (Phi) is 4.63. The van der Waals surface area contributed by atoms with Gasteiger partial charge in [0.15, 0.2) is 0 Å². The van der Waals surface area contributed by atoms with Crippen LogP contribution in [-0.2, 0) is 14.3 Å². The number of carboxylic acid groups (broad SMARTS) is 1. The molecule has 0 saturated heterocycles. The van der Waals surface area contributed by atoms with Crippen LogP contribution in [0.15, 0.2) is 23.5 Å². The van der Waals surface area contributed by atoms with E-state index in [9.17, 15) is 9.59 Å². The third-order valence-corrected chi connectivity index (χ3v) is 1.62. The molecule has 0 saturated carbocycles. The standard InChI is InChI=1S/C10H14O4/c1-5-8(7(4)9(11)12)14-10(13)6(2)3/h2,5H2,1,3-4H3,(H,11,12). The number of carbonyl (C=O) groups is 2. The van der Waals surface area contributed by atoms with Crippen LogP contribution in [0, 0.1) is 0 Å². The zero-order chi connectivity index (χ0) is 11.3. The van der Waals surface area contributed by atoms with E-state index in [-0.39, 0.29) is 16.9 Å². The number of aliphatic carboxylic acids is 1. The maximum atomic E-state index is 11.1. The number of hydrogen-bond acceptors (Lipinski definition) is 3. The first-order valence-corrected chi connectivity index (χ1v) is 4.20. The Bertz CT molecular complexity index is 299. The van der Waals surface area contributed by atoms with Gasteiger partial charge in [-0.25, -0.2) is 9.59 Å². The van der Waals surface area contributed by atoms with E-state index in [0.29, 0.717) is 6.42 Å². The van der Waals surface area contributed by atoms with Crippen molar-refractivity contribution < 1.29 is 19.4 Å². The molecule has 0 aliphatic carbocycles. The van der Waals surface area contributed by atoms with Crippen molar-refractivity contribution in [1.29, 1.82) is 0 Å². The van der Waals surface area contributed by atoms with Crippen LogP contribution in [0.25, 0.3) is 0 Å². The molecule has 1 N–H and O–H groups in total. The minimum absolute atomic E-state index is 0.0436. The minimum atomic E-state index is -1.09. The second-order valence-electron chi connectivity index (χ2n) is 2.88. The smallest absolute Gasteiger partial charge is 0.338 e. The van der Waals surface area contributed by atoms with E-state index >= 15 is 0 Å². The molecule has 0 aromatic heterocycles. The van der Waals surface area contributed by atoms with Crippen LogP contribution in [0.5, 0.6) is 0 Å². The van der Waals surface area contributed by atoms with Crippen LogP contribution in [0.4, 0.5) is 0 Å². The third-order valence-electron chi connectivity index (χ3n) is 1.62. The molecule has 0 amide bonds. The van der Waals surface area contributed by atoms with Crippen molar-refractivity contribution in [3.05, 3.63) is 23.5 Å². The first-order valence-electron chi connectivity index (χ1n) is 4.20. The van der Waals surface area contributed by atoms with Crippen molar-refractivity contribution in [2.75, 3.05) is 0 Å². The molecule has 4 nitrogen and oxygen atoms in total. The zero-order valence-corrected chi connectivity index (χ0v) is 8.59. The number of carbonyl (C=O) groups excluding carboxylic acids is 1. The van der Waals surface area contributed by atoms with E-state index in [0.717, 1.165) is 0 Å². The Morgan fingerprint density at radius 2 is 1.86 bits per heavy atom. The summed E-state index contributed by atoms with van der Waals surface area (Å²) in [5, 5.41) is 8.66. The Hall–Kier alpha value is -1.58. The Morgan fingerprint density at radius 1 is 1.36 bits per heavy atom. The topological polar surface area (TPSA) is 63.6 Å². The van der Waals surface area contributed by atoms with E-state index < -0.39 is 11.9 Å². The summed E-state index contributed by atoms with van der Waals surface area (Å²) in [6.07, 6.45) is 0.358. The van der Waals surface area contributed by atoms with E-state index in [1.807, 2.05) is 0 Å². The summed E-state index contributed by atoms with van der Waals surface area (Å²) in [5.41, 5.74) is 0.288. The van der Waals surface area contributed by atoms with Gasteiger partial charge < -0.3 is 9.84 Å². The second-order valence-corrected chi connectivity index (χ2v) is 2.88. The van der Waals surface area contributed by atoms with Gasteiger partial charge in [0.2, 0.25) is 0 Å². The van der Waals surface area contributed by atoms with Gasteiger partial charge in [0.1, 0.15) is 5.76 Å². The van der Waals surface area contributed by atoms with E-state index in [1.54, 1.807) is 6.92 Å². The van der Waals surface area contributed by atoms with Crippen LogP contribution in [0.1, 0.15) is 27.2 Å². The molecule has 0 radical (unpaired) electrons. The van der Waals surface area contributed by atoms with Gasteiger partial charge in [-0.15, -0.1) is 0 Å². The molecule has 0 aromatic rings. The summed E-state index contributed by atoms with van der Waals surface area (Å²) in [6, 6.07) is 0. The lowest BCUT2D eigenvalue weighted by molar-refractivity contribution is -0.136. The van der Waals surface area contributed by atoms with Gasteiger partial charge in [-0.2, -0.15) is 0 Å². The minimum Gasteiger partial charge on any atom is -0.478 e. The fourth-order valence-electron chi connectivity index (χ4n) is 0.732. The molecule has 0 heterocycles. The van der Waals surface area contributed by atoms with Gasteiger partial charge in [-0.1, -0.05) is 13.5 Å². The highest BCUT2D eigenvalue weighted by Gasteiger charge is 2.13. The Labute approximate surface area is 82.9 Å². The number of esters is 1. The lowest BCUT2D eigenvalue weighted by Gasteiger charge is -2.08. The van der Waals surface area contributed by atoms with Crippen LogP contribution in [-0.4, -0.2) is 17.0 Å². The van der Waals surface area contributed by atoms with E-state index in [1.165, 1.54) is 13.8 Å². The quantitative estimate of drug-likeness (QED) is 0.425. The molecule has 0 atom stereocenters. The van der Waals surface area contributed by atoms with Gasteiger partial charge in [-0.05, 0) is 13.8 Å². The van der Waals surface area contributed by atoms with Crippen LogP contribution in [0.3, 0.4) is 0 Å². The SMILES string of the molecule is C=C(C)C(=O)OC(CC)=C(C)C(=O)O. The van der Waals surface area contributed by atoms with E-state index in [2.05, 4.69) is 6.58 Å². The molecule has 0 rings (SSSR count). The highest BCUT2D eigenvalue weighted by atomic mass is 16.5. The number of carboxylic acids is 1. The largest absolute Gasteiger partial charge is 0.478 e. The number of rotatable bonds is 4. The number of ether oxygens (including phenoxy) is 1. The highest BCUT2D eigenvalue weighted by molar-refractivity contribution is 5.90. The molecular weight excluding hydrogens is 184 g/mol. The molecule has 0 bridgehead atoms. The van der Waals surface area contributed by atoms with Crippen molar-refractivity contribution in [3.8, 4) is 0 Å². The molecule has 0 aliphatic heterocycles. The molecule has 0 aromatic carbocycles. The van der Waals surface area contributed by atoms with Gasteiger partial charge in [0.25, 0.3) is 0 Å². The van der Waals surface area contributed by atoms with Gasteiger partial charge in [-0.3, -0.25) is 0 Å². The van der Waals surface area contributed by atoms with Crippen molar-refractivity contribution in [2.45, 2.75) is 27.2 Å². The van der Waals surface area contributed by atoms with Crippen LogP contribution >= 0.6 is 0 Å². The lowest BCUT2D eigenvalue weighted by atomic mass is 10.2. The first kappa shape index (κ1) is 12.4. The second kappa shape index (κ2) is 5.21. The van der Waals surface area contributed by atoms with Crippen molar-refractivity contribution in [2.24, 2.45) is 0 Å². The van der Waals surface area contributed by atoms with Crippen molar-refractivity contribution >= 4 is 11.9 Å². The first-order chi connectivity index (χ1) is 6.40. The maximum Gasteiger partial charge on any atom is 0.338 e. The van der Waals surface area contributed by atoms with Gasteiger partial charge in [0, 0.05) is 12.0 Å². The normalized spacial score (nSPS) is 11.6. The predicted octanol–water partition coefficient (Wildman–Crippen LogP) is 1.87. The maximum absolute atomic E-state index is 11.1. The summed E-state index contributed by atoms with van der Waals surface area (Å²) < 4.78 is 4.84. The molecule has 0 unspecified atom stereocenters. The molecule has 0 aliphatic rings. The Balaban J connectivity index is 4.76. The third kappa shape index (κ3) is 3.43. The number of allylic oxidation sites excluding steroid dienone is 1. The fourth-order valence-corrected chi connectivity index (χ4v) is 0.732. The van der Waals surface area contributed by atoms with Crippen LogP contribution < -0.4 is 0 Å². The van der Waals surface area contributed by atoms with Crippen molar-refractivity contribution in [1.82, 2.24) is 0 Å². The molecule has 0 spiro atoms. The predicted molar refractivity (Wildman–Crippen MR) is 51.5 cm³/mol. The average molecular weight is 198 g/mol. The Morgan fingerprint density at radius 3 is 2.14 bits per heavy atom. The fraction of sp³-hybridized carbons (Fsp3) is 0.400. The molecule has 4 heteroatoms. The molecular formula is C10H14O4. The molecule has 78 valence electrons. The summed E-state index contributed by atoms with van der Waals surface area (Å²) in [4.78, 5) is 21.7. The monoisotopic (exact) mass is 198 g/mol. The van der Waals surface area contributed by atoms with Gasteiger partial charge in [0.05, 0.1) is 5.57 Å². The summed E-state index contributed by atoms with van der Waals surface area (Å²) in [5.74, 6) is -1.51. The average Bonchev–Trinajstić information content (AvgIpc) is 2.12. The van der Waals surface area contributed by atoms with Crippen molar-refractivity contribution in [3.63, 3.8) is 0 Å². The van der Waals surface area contributed by atoms with Crippen LogP contribution in [0.2, 0.25) is 0 Å². The molecule has 14 heavy (non-hydrogen) atoms. The summed E-state index contributed by atoms with van der Waals surface area (Å²) >= 11 is 0. The summed E-state index contributed by atoms with van der Waals surface area (Å²) in [6.45, 7) is 8.02. The molecule has 0 fully saturated rings. The van der Waals surface area contributed by atoms with Gasteiger partial charge >= 0.3 is 11.9 Å². The highest BCUT2D eigenvalue weighted by Crippen LogP contribution is 2.12. The summed E-state index contributed by atoms with van der Waals surface area (Å²) in [7, 11) is 0.